The fourth-order valence-corrected chi connectivity index (χ4v) is 1.84. The normalized spacial score (nSPS) is 11.4. The van der Waals surface area contributed by atoms with E-state index >= 15 is 0 Å². The molecule has 0 spiro atoms. The first kappa shape index (κ1) is 10.8. The highest BCUT2D eigenvalue weighted by Gasteiger charge is 2.11. The molecule has 0 saturated carbocycles. The molecule has 6 nitrogen and oxygen atoms in total. The Hall–Kier alpha value is -1.28. The Balaban J connectivity index is 2.93. The molecule has 74 valence electrons. The van der Waals surface area contributed by atoms with Gasteiger partial charge in [-0.15, -0.1) is 0 Å². The molecule has 1 aromatic rings. The molecule has 0 unspecified atom stereocenters. The third kappa shape index (κ3) is 2.60. The summed E-state index contributed by atoms with van der Waals surface area (Å²) < 4.78 is -0.228. The van der Waals surface area contributed by atoms with Gasteiger partial charge in [0.1, 0.15) is 0 Å². The smallest absolute Gasteiger partial charge is 0.258 e. The molecular weight excluding hydrogens is 276 g/mol. The number of thiophene rings is 1. The zero-order valence-electron chi connectivity index (χ0n) is 6.55. The van der Waals surface area contributed by atoms with Crippen molar-refractivity contribution in [3.05, 3.63) is 41.8 Å². The van der Waals surface area contributed by atoms with E-state index in [1.165, 1.54) is 18.2 Å². The number of hydrogen-bond acceptors (Lipinski definition) is 5. The van der Waals surface area contributed by atoms with Gasteiger partial charge in [0.25, 0.3) is 0 Å². The number of rotatable bonds is 3. The first-order valence-electron chi connectivity index (χ1n) is 3.26. The van der Waals surface area contributed by atoms with Crippen molar-refractivity contribution in [2.75, 3.05) is 0 Å². The highest BCUT2D eigenvalue weighted by Crippen LogP contribution is 2.26. The minimum atomic E-state index is -0.619. The zero-order chi connectivity index (χ0) is 10.7. The Morgan fingerprint density at radius 2 is 2.07 bits per heavy atom. The van der Waals surface area contributed by atoms with E-state index in [1.807, 2.05) is 0 Å². The van der Waals surface area contributed by atoms with Crippen molar-refractivity contribution < 1.29 is 9.85 Å². The maximum atomic E-state index is 10.3. The van der Waals surface area contributed by atoms with E-state index in [0.717, 1.165) is 11.3 Å². The average Bonchev–Trinajstić information content (AvgIpc) is 2.52. The number of nitrogens with zero attached hydrogens (tertiary/aromatic N) is 2. The maximum Gasteiger partial charge on any atom is 0.324 e. The molecule has 0 saturated heterocycles. The van der Waals surface area contributed by atoms with E-state index < -0.39 is 9.85 Å². The zero-order valence-corrected chi connectivity index (χ0v) is 8.95. The van der Waals surface area contributed by atoms with Crippen LogP contribution in [0.3, 0.4) is 0 Å². The molecule has 1 rings (SSSR count). The summed E-state index contributed by atoms with van der Waals surface area (Å²) in [6.45, 7) is 0. The molecule has 0 atom stereocenters. The standard InChI is InChI=1S/C6H3BrN2O4S/c7-5(8(10)11)3-4-1-2-6(14-4)9(12)13/h1-3H. The Bertz CT molecular complexity index is 414. The molecule has 0 amide bonds. The van der Waals surface area contributed by atoms with E-state index in [9.17, 15) is 20.2 Å². The van der Waals surface area contributed by atoms with Crippen LogP contribution >= 0.6 is 27.3 Å². The molecule has 0 bridgehead atoms. The van der Waals surface area contributed by atoms with Crippen LogP contribution in [0.5, 0.6) is 0 Å². The Morgan fingerprint density at radius 3 is 2.50 bits per heavy atom. The first-order chi connectivity index (χ1) is 6.50. The molecule has 0 fully saturated rings. The van der Waals surface area contributed by atoms with Crippen LogP contribution in [0.1, 0.15) is 4.88 Å². The van der Waals surface area contributed by atoms with Gasteiger partial charge in [-0.2, -0.15) is 0 Å². The van der Waals surface area contributed by atoms with Crippen molar-refractivity contribution in [1.82, 2.24) is 0 Å². The van der Waals surface area contributed by atoms with Gasteiger partial charge in [-0.05, 0) is 6.07 Å². The van der Waals surface area contributed by atoms with Crippen LogP contribution in [0.25, 0.3) is 6.08 Å². The van der Waals surface area contributed by atoms with Crippen LogP contribution in [0.15, 0.2) is 16.7 Å². The van der Waals surface area contributed by atoms with Crippen molar-refractivity contribution in [3.63, 3.8) is 0 Å². The minimum Gasteiger partial charge on any atom is -0.258 e. The molecule has 14 heavy (non-hydrogen) atoms. The van der Waals surface area contributed by atoms with Crippen LogP contribution in [-0.4, -0.2) is 9.85 Å². The van der Waals surface area contributed by atoms with Crippen molar-refractivity contribution in [2.24, 2.45) is 0 Å². The molecule has 0 N–H and O–H groups in total. The first-order valence-corrected chi connectivity index (χ1v) is 4.87. The molecular formula is C6H3BrN2O4S. The Morgan fingerprint density at radius 1 is 1.43 bits per heavy atom. The number of hydrogen-bond donors (Lipinski definition) is 0. The predicted molar refractivity (Wildman–Crippen MR) is 54.9 cm³/mol. The van der Waals surface area contributed by atoms with Gasteiger partial charge in [-0.25, -0.2) is 0 Å². The summed E-state index contributed by atoms with van der Waals surface area (Å²) in [6, 6.07) is 2.75. The van der Waals surface area contributed by atoms with Gasteiger partial charge in [0.15, 0.2) is 0 Å². The third-order valence-corrected chi connectivity index (χ3v) is 2.73. The summed E-state index contributed by atoms with van der Waals surface area (Å²) in [5.74, 6) is 0. The van der Waals surface area contributed by atoms with E-state index in [2.05, 4.69) is 15.9 Å². The lowest BCUT2D eigenvalue weighted by Crippen LogP contribution is -1.88. The topological polar surface area (TPSA) is 86.3 Å². The van der Waals surface area contributed by atoms with Crippen molar-refractivity contribution in [3.8, 4) is 0 Å². The van der Waals surface area contributed by atoms with Crippen LogP contribution in [0.4, 0.5) is 5.00 Å². The fourth-order valence-electron chi connectivity index (χ4n) is 0.688. The van der Waals surface area contributed by atoms with Crippen LogP contribution < -0.4 is 0 Å². The molecule has 0 aromatic carbocycles. The SMILES string of the molecule is O=[N+]([O-])C(Br)=Cc1ccc([N+](=O)[O-])s1. The largest absolute Gasteiger partial charge is 0.324 e. The summed E-state index contributed by atoms with van der Waals surface area (Å²) in [5.41, 5.74) is 0. The molecule has 0 aliphatic rings. The summed E-state index contributed by atoms with van der Waals surface area (Å²) >= 11 is 3.60. The van der Waals surface area contributed by atoms with E-state index in [0.29, 0.717) is 4.88 Å². The van der Waals surface area contributed by atoms with Crippen molar-refractivity contribution in [2.45, 2.75) is 0 Å². The Labute approximate surface area is 90.3 Å². The van der Waals surface area contributed by atoms with Crippen molar-refractivity contribution in [1.29, 1.82) is 0 Å². The van der Waals surface area contributed by atoms with E-state index in [1.54, 1.807) is 0 Å². The second-order valence-electron chi connectivity index (χ2n) is 2.16. The number of halogens is 1. The van der Waals surface area contributed by atoms with Crippen LogP contribution in [0, 0.1) is 20.2 Å². The third-order valence-electron chi connectivity index (χ3n) is 1.23. The van der Waals surface area contributed by atoms with Crippen molar-refractivity contribution >= 4 is 38.3 Å². The van der Waals surface area contributed by atoms with Gasteiger partial charge in [0.05, 0.1) is 9.85 Å². The molecule has 0 aliphatic heterocycles. The Kier molecular flexibility index (Phi) is 3.31. The number of nitro groups is 2. The van der Waals surface area contributed by atoms with E-state index in [-0.39, 0.29) is 9.61 Å². The molecule has 1 heterocycles. The van der Waals surface area contributed by atoms with Crippen LogP contribution in [-0.2, 0) is 0 Å². The summed E-state index contributed by atoms with van der Waals surface area (Å²) in [7, 11) is 0. The molecule has 8 heteroatoms. The van der Waals surface area contributed by atoms with E-state index in [4.69, 9.17) is 0 Å². The molecule has 0 radical (unpaired) electrons. The van der Waals surface area contributed by atoms with Crippen LogP contribution in [0.2, 0.25) is 0 Å². The summed E-state index contributed by atoms with van der Waals surface area (Å²) in [4.78, 5) is 19.8. The van der Waals surface area contributed by atoms with Gasteiger partial charge in [0.2, 0.25) is 0 Å². The second kappa shape index (κ2) is 4.29. The van der Waals surface area contributed by atoms with Gasteiger partial charge < -0.3 is 0 Å². The highest BCUT2D eigenvalue weighted by molar-refractivity contribution is 9.11. The average molecular weight is 279 g/mol. The monoisotopic (exact) mass is 278 g/mol. The summed E-state index contributed by atoms with van der Waals surface area (Å²) in [5, 5.41) is 20.4. The predicted octanol–water partition coefficient (Wildman–Crippen LogP) is 2.63. The second-order valence-corrected chi connectivity index (χ2v) is 4.06. The van der Waals surface area contributed by atoms with Gasteiger partial charge in [-0.3, -0.25) is 20.2 Å². The molecule has 1 aromatic heterocycles. The van der Waals surface area contributed by atoms with Gasteiger partial charge in [-0.1, -0.05) is 11.3 Å². The lowest BCUT2D eigenvalue weighted by atomic mass is 10.4. The maximum absolute atomic E-state index is 10.3. The summed E-state index contributed by atoms with van der Waals surface area (Å²) in [6.07, 6.45) is 1.22. The fraction of sp³-hybridized carbons (Fsp3) is 0. The molecule has 0 aliphatic carbocycles. The quantitative estimate of drug-likeness (QED) is 0.483. The van der Waals surface area contributed by atoms with Gasteiger partial charge in [0, 0.05) is 32.9 Å². The minimum absolute atomic E-state index is 0.0418. The lowest BCUT2D eigenvalue weighted by Gasteiger charge is -1.84. The van der Waals surface area contributed by atoms with Gasteiger partial charge >= 0.3 is 9.61 Å². The highest BCUT2D eigenvalue weighted by atomic mass is 79.9. The lowest BCUT2D eigenvalue weighted by molar-refractivity contribution is -0.407.